The van der Waals surface area contributed by atoms with Gasteiger partial charge in [-0.05, 0) is 61.4 Å². The summed E-state index contributed by atoms with van der Waals surface area (Å²) in [5.74, 6) is -1.01. The number of amides is 2. The molecule has 2 aliphatic rings. The highest BCUT2D eigenvalue weighted by molar-refractivity contribution is 6.03. The number of carbonyl (C=O) groups excluding carboxylic acids is 2. The number of anilines is 1. The largest absolute Gasteiger partial charge is 0.351 e. The SMILES string of the molecule is CC(C)(C)c1ccc(N(C(=O)[C@H]2CCCN2)C(C(=O)NC2CCCCC2)c2cncc(F)c2)cc1. The van der Waals surface area contributed by atoms with Crippen LogP contribution in [0.4, 0.5) is 10.1 Å². The van der Waals surface area contributed by atoms with Crippen molar-refractivity contribution in [3.63, 3.8) is 0 Å². The van der Waals surface area contributed by atoms with E-state index in [1.165, 1.54) is 18.7 Å². The van der Waals surface area contributed by atoms with Crippen molar-refractivity contribution < 1.29 is 14.0 Å². The Morgan fingerprint density at radius 2 is 1.77 bits per heavy atom. The molecule has 1 aliphatic heterocycles. The molecule has 35 heavy (non-hydrogen) atoms. The predicted molar refractivity (Wildman–Crippen MR) is 136 cm³/mol. The van der Waals surface area contributed by atoms with Gasteiger partial charge in [-0.3, -0.25) is 19.5 Å². The van der Waals surface area contributed by atoms with Crippen LogP contribution in [-0.2, 0) is 15.0 Å². The Kier molecular flexibility index (Phi) is 7.85. The van der Waals surface area contributed by atoms with Crippen molar-refractivity contribution in [1.82, 2.24) is 15.6 Å². The Bertz CT molecular complexity index is 1020. The first-order valence-corrected chi connectivity index (χ1v) is 12.8. The van der Waals surface area contributed by atoms with Crippen LogP contribution < -0.4 is 15.5 Å². The maximum absolute atomic E-state index is 14.3. The third-order valence-corrected chi connectivity index (χ3v) is 7.11. The highest BCUT2D eigenvalue weighted by atomic mass is 19.1. The van der Waals surface area contributed by atoms with Crippen molar-refractivity contribution in [2.75, 3.05) is 11.4 Å². The summed E-state index contributed by atoms with van der Waals surface area (Å²) in [5, 5.41) is 6.43. The number of hydrogen-bond acceptors (Lipinski definition) is 4. The fourth-order valence-corrected chi connectivity index (χ4v) is 5.11. The molecule has 2 N–H and O–H groups in total. The van der Waals surface area contributed by atoms with Crippen LogP contribution in [0.15, 0.2) is 42.7 Å². The Labute approximate surface area is 207 Å². The Hall–Kier alpha value is -2.80. The summed E-state index contributed by atoms with van der Waals surface area (Å²) in [4.78, 5) is 33.3. The third-order valence-electron chi connectivity index (χ3n) is 7.11. The van der Waals surface area contributed by atoms with Gasteiger partial charge in [-0.2, -0.15) is 0 Å². The first-order valence-electron chi connectivity index (χ1n) is 12.8. The molecule has 4 rings (SSSR count). The number of rotatable bonds is 6. The van der Waals surface area contributed by atoms with Crippen molar-refractivity contribution in [3.05, 3.63) is 59.7 Å². The summed E-state index contributed by atoms with van der Waals surface area (Å²) in [6.07, 6.45) is 9.34. The van der Waals surface area contributed by atoms with Gasteiger partial charge in [0.15, 0.2) is 0 Å². The zero-order chi connectivity index (χ0) is 25.0. The van der Waals surface area contributed by atoms with Gasteiger partial charge in [0.05, 0.1) is 12.2 Å². The lowest BCUT2D eigenvalue weighted by molar-refractivity contribution is -0.128. The summed E-state index contributed by atoms with van der Waals surface area (Å²) >= 11 is 0. The summed E-state index contributed by atoms with van der Waals surface area (Å²) < 4.78 is 14.3. The summed E-state index contributed by atoms with van der Waals surface area (Å²) in [6, 6.07) is 7.74. The number of halogens is 1. The molecule has 0 bridgehead atoms. The van der Waals surface area contributed by atoms with E-state index in [-0.39, 0.29) is 29.3 Å². The quantitative estimate of drug-likeness (QED) is 0.623. The van der Waals surface area contributed by atoms with E-state index in [1.54, 1.807) is 4.90 Å². The lowest BCUT2D eigenvalue weighted by Gasteiger charge is -2.35. The second kappa shape index (κ2) is 10.9. The molecule has 0 radical (unpaired) electrons. The fourth-order valence-electron chi connectivity index (χ4n) is 5.11. The van der Waals surface area contributed by atoms with Gasteiger partial charge in [-0.15, -0.1) is 0 Å². The number of aromatic nitrogens is 1. The number of hydrogen-bond donors (Lipinski definition) is 2. The lowest BCUT2D eigenvalue weighted by Crippen LogP contribution is -2.51. The van der Waals surface area contributed by atoms with Gasteiger partial charge in [0, 0.05) is 23.5 Å². The highest BCUT2D eigenvalue weighted by Crippen LogP contribution is 2.32. The zero-order valence-corrected chi connectivity index (χ0v) is 21.0. The van der Waals surface area contributed by atoms with E-state index in [2.05, 4.69) is 36.4 Å². The van der Waals surface area contributed by atoms with Gasteiger partial charge in [0.25, 0.3) is 0 Å². The van der Waals surface area contributed by atoms with Crippen LogP contribution in [-0.4, -0.2) is 35.4 Å². The van der Waals surface area contributed by atoms with Crippen LogP contribution in [0.3, 0.4) is 0 Å². The number of benzene rings is 1. The molecule has 6 nitrogen and oxygen atoms in total. The standard InChI is InChI=1S/C28H37FN4O2/c1-28(2,3)20-11-13-23(14-12-20)33(27(35)24-10-7-15-31-24)25(19-16-21(29)18-30-17-19)26(34)32-22-8-5-4-6-9-22/h11-14,16-18,22,24-25,31H,4-10,15H2,1-3H3,(H,32,34)/t24-,25?/m1/s1. The Balaban J connectivity index is 1.76. The maximum atomic E-state index is 14.3. The van der Waals surface area contributed by atoms with E-state index in [1.807, 2.05) is 24.3 Å². The Morgan fingerprint density at radius 3 is 2.37 bits per heavy atom. The van der Waals surface area contributed by atoms with Gasteiger partial charge in [-0.1, -0.05) is 52.2 Å². The topological polar surface area (TPSA) is 74.3 Å². The van der Waals surface area contributed by atoms with E-state index >= 15 is 0 Å². The van der Waals surface area contributed by atoms with Crippen LogP contribution in [0.2, 0.25) is 0 Å². The molecule has 2 heterocycles. The van der Waals surface area contributed by atoms with Gasteiger partial charge in [-0.25, -0.2) is 4.39 Å². The molecule has 1 unspecified atom stereocenters. The average molecular weight is 481 g/mol. The van der Waals surface area contributed by atoms with Crippen LogP contribution >= 0.6 is 0 Å². The normalized spacial score (nSPS) is 19.8. The molecule has 1 saturated heterocycles. The van der Waals surface area contributed by atoms with Gasteiger partial charge in [0.2, 0.25) is 11.8 Å². The van der Waals surface area contributed by atoms with Crippen molar-refractivity contribution in [1.29, 1.82) is 0 Å². The molecule has 7 heteroatoms. The zero-order valence-electron chi connectivity index (χ0n) is 21.0. The van der Waals surface area contributed by atoms with E-state index in [0.717, 1.165) is 50.4 Å². The molecular formula is C28H37FN4O2. The molecule has 188 valence electrons. The van der Waals surface area contributed by atoms with Crippen LogP contribution in [0.5, 0.6) is 0 Å². The van der Waals surface area contributed by atoms with Crippen molar-refractivity contribution in [2.24, 2.45) is 0 Å². The number of pyridine rings is 1. The number of carbonyl (C=O) groups is 2. The minimum atomic E-state index is -1.02. The van der Waals surface area contributed by atoms with Crippen LogP contribution in [0, 0.1) is 5.82 Å². The summed E-state index contributed by atoms with van der Waals surface area (Å²) in [7, 11) is 0. The van der Waals surface area contributed by atoms with Crippen LogP contribution in [0.1, 0.15) is 82.9 Å². The number of nitrogens with zero attached hydrogens (tertiary/aromatic N) is 2. The molecule has 1 saturated carbocycles. The molecule has 2 aromatic rings. The minimum Gasteiger partial charge on any atom is -0.351 e. The monoisotopic (exact) mass is 480 g/mol. The van der Waals surface area contributed by atoms with Gasteiger partial charge >= 0.3 is 0 Å². The fraction of sp³-hybridized carbons (Fsp3) is 0.536. The molecule has 1 aromatic carbocycles. The highest BCUT2D eigenvalue weighted by Gasteiger charge is 2.38. The van der Waals surface area contributed by atoms with E-state index < -0.39 is 11.9 Å². The third kappa shape index (κ3) is 6.07. The second-order valence-corrected chi connectivity index (χ2v) is 10.8. The lowest BCUT2D eigenvalue weighted by atomic mass is 9.87. The van der Waals surface area contributed by atoms with E-state index in [4.69, 9.17) is 0 Å². The molecule has 1 aromatic heterocycles. The van der Waals surface area contributed by atoms with E-state index in [0.29, 0.717) is 17.7 Å². The predicted octanol–water partition coefficient (Wildman–Crippen LogP) is 4.79. The summed E-state index contributed by atoms with van der Waals surface area (Å²) in [5.41, 5.74) is 2.06. The second-order valence-electron chi connectivity index (χ2n) is 10.8. The average Bonchev–Trinajstić information content (AvgIpc) is 3.37. The molecule has 0 spiro atoms. The summed E-state index contributed by atoms with van der Waals surface area (Å²) in [6.45, 7) is 7.15. The van der Waals surface area contributed by atoms with Gasteiger partial charge in [0.1, 0.15) is 11.9 Å². The van der Waals surface area contributed by atoms with Gasteiger partial charge < -0.3 is 10.6 Å². The molecule has 1 aliphatic carbocycles. The Morgan fingerprint density at radius 1 is 1.06 bits per heavy atom. The molecular weight excluding hydrogens is 443 g/mol. The molecule has 2 fully saturated rings. The van der Waals surface area contributed by atoms with E-state index in [9.17, 15) is 14.0 Å². The first kappa shape index (κ1) is 25.3. The maximum Gasteiger partial charge on any atom is 0.248 e. The minimum absolute atomic E-state index is 0.0510. The van der Waals surface area contributed by atoms with Crippen LogP contribution in [0.25, 0.3) is 0 Å². The molecule has 2 amide bonds. The first-order chi connectivity index (χ1) is 16.7. The van der Waals surface area contributed by atoms with Crippen molar-refractivity contribution >= 4 is 17.5 Å². The number of nitrogens with one attached hydrogen (secondary N) is 2. The van der Waals surface area contributed by atoms with Crippen molar-refractivity contribution in [2.45, 2.75) is 89.3 Å². The molecule has 2 atom stereocenters. The smallest absolute Gasteiger partial charge is 0.248 e. The van der Waals surface area contributed by atoms with Crippen molar-refractivity contribution in [3.8, 4) is 0 Å².